The molecule has 0 heterocycles. The van der Waals surface area contributed by atoms with Crippen molar-refractivity contribution in [2.45, 2.75) is 6.10 Å². The molecule has 0 spiro atoms. The van der Waals surface area contributed by atoms with Gasteiger partial charge in [-0.25, -0.2) is 0 Å². The van der Waals surface area contributed by atoms with Crippen LogP contribution in [-0.4, -0.2) is 69.7 Å². The van der Waals surface area contributed by atoms with Gasteiger partial charge in [0.2, 0.25) is 0 Å². The molecule has 2 N–H and O–H groups in total. The SMILES string of the molecule is COCCN(C)CCNCC(O)COc1ccccc1. The fraction of sp³-hybridized carbons (Fsp3) is 0.600. The maximum absolute atomic E-state index is 9.80. The van der Waals surface area contributed by atoms with Crippen molar-refractivity contribution in [3.8, 4) is 5.75 Å². The van der Waals surface area contributed by atoms with Gasteiger partial charge in [-0.15, -0.1) is 0 Å². The Labute approximate surface area is 121 Å². The molecule has 0 saturated carbocycles. The third-order valence-electron chi connectivity index (χ3n) is 2.91. The van der Waals surface area contributed by atoms with Gasteiger partial charge in [0.1, 0.15) is 18.5 Å². The number of hydrogen-bond donors (Lipinski definition) is 2. The maximum Gasteiger partial charge on any atom is 0.119 e. The number of para-hydroxylation sites is 1. The summed E-state index contributed by atoms with van der Waals surface area (Å²) in [5.41, 5.74) is 0. The van der Waals surface area contributed by atoms with Crippen molar-refractivity contribution in [2.75, 3.05) is 53.6 Å². The molecular formula is C15H26N2O3. The minimum atomic E-state index is -0.500. The van der Waals surface area contributed by atoms with Crippen LogP contribution in [0, 0.1) is 0 Å². The molecule has 0 amide bonds. The minimum absolute atomic E-state index is 0.302. The molecule has 0 aromatic heterocycles. The van der Waals surface area contributed by atoms with Gasteiger partial charge in [0.05, 0.1) is 6.61 Å². The van der Waals surface area contributed by atoms with E-state index in [1.54, 1.807) is 7.11 Å². The molecule has 5 nitrogen and oxygen atoms in total. The zero-order chi connectivity index (χ0) is 14.6. The predicted molar refractivity (Wildman–Crippen MR) is 80.2 cm³/mol. The molecule has 0 bridgehead atoms. The number of nitrogens with one attached hydrogen (secondary N) is 1. The summed E-state index contributed by atoms with van der Waals surface area (Å²) in [7, 11) is 3.75. The number of hydrogen-bond acceptors (Lipinski definition) is 5. The van der Waals surface area contributed by atoms with Crippen molar-refractivity contribution in [3.63, 3.8) is 0 Å². The lowest BCUT2D eigenvalue weighted by Gasteiger charge is -2.17. The Kier molecular flexibility index (Phi) is 8.98. The maximum atomic E-state index is 9.80. The van der Waals surface area contributed by atoms with Gasteiger partial charge in [-0.05, 0) is 19.2 Å². The molecule has 5 heteroatoms. The van der Waals surface area contributed by atoms with Gasteiger partial charge in [-0.3, -0.25) is 0 Å². The topological polar surface area (TPSA) is 54.0 Å². The van der Waals surface area contributed by atoms with Crippen LogP contribution in [0.2, 0.25) is 0 Å². The number of rotatable bonds is 11. The van der Waals surface area contributed by atoms with Crippen LogP contribution in [0.5, 0.6) is 5.75 Å². The highest BCUT2D eigenvalue weighted by atomic mass is 16.5. The molecule has 1 rings (SSSR count). The van der Waals surface area contributed by atoms with E-state index >= 15 is 0 Å². The van der Waals surface area contributed by atoms with Crippen LogP contribution in [0.3, 0.4) is 0 Å². The first-order valence-corrected chi connectivity index (χ1v) is 6.96. The van der Waals surface area contributed by atoms with Crippen molar-refractivity contribution in [3.05, 3.63) is 30.3 Å². The van der Waals surface area contributed by atoms with E-state index in [0.29, 0.717) is 13.2 Å². The normalized spacial score (nSPS) is 12.6. The van der Waals surface area contributed by atoms with E-state index in [-0.39, 0.29) is 0 Å². The molecule has 0 aliphatic heterocycles. The number of nitrogens with zero attached hydrogens (tertiary/aromatic N) is 1. The number of likely N-dealkylation sites (N-methyl/N-ethyl adjacent to an activating group) is 1. The first-order chi connectivity index (χ1) is 9.72. The molecule has 114 valence electrons. The standard InChI is InChI=1S/C15H26N2O3/c1-17(10-11-19-2)9-8-16-12-14(18)13-20-15-6-4-3-5-7-15/h3-7,14,16,18H,8-13H2,1-2H3. The summed E-state index contributed by atoms with van der Waals surface area (Å²) in [6, 6.07) is 9.52. The van der Waals surface area contributed by atoms with E-state index < -0.39 is 6.10 Å². The van der Waals surface area contributed by atoms with E-state index in [4.69, 9.17) is 9.47 Å². The van der Waals surface area contributed by atoms with Crippen LogP contribution in [0.15, 0.2) is 30.3 Å². The molecule has 0 radical (unpaired) electrons. The summed E-state index contributed by atoms with van der Waals surface area (Å²) in [5, 5.41) is 13.0. The molecule has 1 aromatic carbocycles. The van der Waals surface area contributed by atoms with Crippen LogP contribution in [0.4, 0.5) is 0 Å². The Balaban J connectivity index is 2.01. The highest BCUT2D eigenvalue weighted by molar-refractivity contribution is 5.20. The minimum Gasteiger partial charge on any atom is -0.491 e. The quantitative estimate of drug-likeness (QED) is 0.582. The molecular weight excluding hydrogens is 256 g/mol. The van der Waals surface area contributed by atoms with Gasteiger partial charge in [0.15, 0.2) is 0 Å². The van der Waals surface area contributed by atoms with Gasteiger partial charge < -0.3 is 24.8 Å². The largest absolute Gasteiger partial charge is 0.491 e. The second-order valence-corrected chi connectivity index (χ2v) is 4.78. The lowest BCUT2D eigenvalue weighted by Crippen LogP contribution is -2.36. The smallest absolute Gasteiger partial charge is 0.119 e. The van der Waals surface area contributed by atoms with Crippen LogP contribution in [-0.2, 0) is 4.74 Å². The number of benzene rings is 1. The zero-order valence-electron chi connectivity index (χ0n) is 12.4. The predicted octanol–water partition coefficient (Wildman–Crippen LogP) is 0.594. The van der Waals surface area contributed by atoms with Crippen LogP contribution < -0.4 is 10.1 Å². The highest BCUT2D eigenvalue weighted by Gasteiger charge is 2.05. The second-order valence-electron chi connectivity index (χ2n) is 4.78. The molecule has 1 aromatic rings. The molecule has 20 heavy (non-hydrogen) atoms. The van der Waals surface area contributed by atoms with Gasteiger partial charge >= 0.3 is 0 Å². The summed E-state index contributed by atoms with van der Waals surface area (Å²) in [4.78, 5) is 2.18. The van der Waals surface area contributed by atoms with Gasteiger partial charge in [-0.1, -0.05) is 18.2 Å². The summed E-state index contributed by atoms with van der Waals surface area (Å²) in [6.07, 6.45) is -0.500. The average molecular weight is 282 g/mol. The van der Waals surface area contributed by atoms with E-state index in [1.165, 1.54) is 0 Å². The van der Waals surface area contributed by atoms with Crippen LogP contribution in [0.1, 0.15) is 0 Å². The Bertz CT molecular complexity index is 335. The Morgan fingerprint density at radius 2 is 2.00 bits per heavy atom. The van der Waals surface area contributed by atoms with Crippen LogP contribution in [0.25, 0.3) is 0 Å². The van der Waals surface area contributed by atoms with E-state index in [2.05, 4.69) is 17.3 Å². The Morgan fingerprint density at radius 3 is 2.70 bits per heavy atom. The number of methoxy groups -OCH3 is 1. The third kappa shape index (κ3) is 8.12. The van der Waals surface area contributed by atoms with Crippen molar-refractivity contribution >= 4 is 0 Å². The molecule has 1 atom stereocenters. The van der Waals surface area contributed by atoms with E-state index in [0.717, 1.165) is 32.0 Å². The van der Waals surface area contributed by atoms with Gasteiger partial charge in [0.25, 0.3) is 0 Å². The fourth-order valence-corrected chi connectivity index (χ4v) is 1.67. The van der Waals surface area contributed by atoms with E-state index in [1.807, 2.05) is 30.3 Å². The molecule has 0 aliphatic carbocycles. The number of aliphatic hydroxyl groups excluding tert-OH is 1. The van der Waals surface area contributed by atoms with Crippen molar-refractivity contribution in [1.82, 2.24) is 10.2 Å². The first-order valence-electron chi connectivity index (χ1n) is 6.96. The van der Waals surface area contributed by atoms with Gasteiger partial charge in [-0.2, -0.15) is 0 Å². The number of aliphatic hydroxyl groups is 1. The Morgan fingerprint density at radius 1 is 1.25 bits per heavy atom. The second kappa shape index (κ2) is 10.6. The van der Waals surface area contributed by atoms with Crippen molar-refractivity contribution < 1.29 is 14.6 Å². The number of ether oxygens (including phenoxy) is 2. The zero-order valence-corrected chi connectivity index (χ0v) is 12.4. The van der Waals surface area contributed by atoms with Crippen LogP contribution >= 0.6 is 0 Å². The molecule has 0 saturated heterocycles. The third-order valence-corrected chi connectivity index (χ3v) is 2.91. The Hall–Kier alpha value is -1.14. The molecule has 0 fully saturated rings. The summed E-state index contributed by atoms with van der Waals surface area (Å²) in [5.74, 6) is 0.783. The summed E-state index contributed by atoms with van der Waals surface area (Å²) < 4.78 is 10.5. The van der Waals surface area contributed by atoms with Crippen molar-refractivity contribution in [1.29, 1.82) is 0 Å². The monoisotopic (exact) mass is 282 g/mol. The lowest BCUT2D eigenvalue weighted by molar-refractivity contribution is 0.105. The summed E-state index contributed by atoms with van der Waals surface area (Å²) in [6.45, 7) is 4.25. The fourth-order valence-electron chi connectivity index (χ4n) is 1.67. The average Bonchev–Trinajstić information content (AvgIpc) is 2.48. The highest BCUT2D eigenvalue weighted by Crippen LogP contribution is 2.08. The first kappa shape index (κ1) is 16.9. The van der Waals surface area contributed by atoms with Gasteiger partial charge in [0, 0.05) is 33.3 Å². The lowest BCUT2D eigenvalue weighted by atomic mass is 10.3. The summed E-state index contributed by atoms with van der Waals surface area (Å²) >= 11 is 0. The van der Waals surface area contributed by atoms with Crippen molar-refractivity contribution in [2.24, 2.45) is 0 Å². The van der Waals surface area contributed by atoms with E-state index in [9.17, 15) is 5.11 Å². The molecule has 0 aliphatic rings. The molecule has 1 unspecified atom stereocenters.